The summed E-state index contributed by atoms with van der Waals surface area (Å²) < 4.78 is 0. The molecule has 0 fully saturated rings. The summed E-state index contributed by atoms with van der Waals surface area (Å²) in [5.41, 5.74) is 5.85. The summed E-state index contributed by atoms with van der Waals surface area (Å²) in [4.78, 5) is 16.6. The zero-order valence-electron chi connectivity index (χ0n) is 15.0. The van der Waals surface area contributed by atoms with Crippen molar-refractivity contribution in [1.82, 2.24) is 4.98 Å². The zero-order valence-corrected chi connectivity index (χ0v) is 15.8. The number of fused-ring (bicyclic) bond motifs is 2. The molecular weight excluding hydrogens is 360 g/mol. The molecule has 5 nitrogen and oxygen atoms in total. The van der Waals surface area contributed by atoms with Gasteiger partial charge in [-0.1, -0.05) is 31.5 Å². The number of anilines is 5. The molecule has 0 spiro atoms. The molecule has 0 saturated heterocycles. The lowest BCUT2D eigenvalue weighted by Gasteiger charge is -2.13. The Morgan fingerprint density at radius 1 is 0.926 bits per heavy atom. The van der Waals surface area contributed by atoms with E-state index >= 15 is 0 Å². The van der Waals surface area contributed by atoms with E-state index in [4.69, 9.17) is 11.6 Å². The second-order valence-electron chi connectivity index (χ2n) is 6.79. The van der Waals surface area contributed by atoms with Gasteiger partial charge in [-0.2, -0.15) is 0 Å². The molecule has 0 aliphatic carbocycles. The fourth-order valence-electron chi connectivity index (χ4n) is 3.04. The number of rotatable bonds is 3. The van der Waals surface area contributed by atoms with Gasteiger partial charge in [0.25, 0.3) is 5.91 Å². The minimum Gasteiger partial charge on any atom is -0.355 e. The number of carbonyl (C=O) groups excluding carboxylic acids is 1. The molecule has 1 aliphatic rings. The van der Waals surface area contributed by atoms with E-state index in [0.29, 0.717) is 16.6 Å². The summed E-state index contributed by atoms with van der Waals surface area (Å²) in [6, 6.07) is 15.3. The van der Waals surface area contributed by atoms with Crippen molar-refractivity contribution in [2.45, 2.75) is 19.8 Å². The Hall–Kier alpha value is -3.05. The van der Waals surface area contributed by atoms with E-state index in [2.05, 4.69) is 40.8 Å². The van der Waals surface area contributed by atoms with E-state index in [1.165, 1.54) is 5.56 Å². The van der Waals surface area contributed by atoms with Crippen LogP contribution in [0.25, 0.3) is 0 Å². The second kappa shape index (κ2) is 6.93. The largest absolute Gasteiger partial charge is 0.355 e. The van der Waals surface area contributed by atoms with Crippen LogP contribution in [0.5, 0.6) is 0 Å². The molecule has 3 aromatic rings. The molecule has 2 aromatic carbocycles. The summed E-state index contributed by atoms with van der Waals surface area (Å²) in [5.74, 6) is 0.261. The van der Waals surface area contributed by atoms with Crippen LogP contribution in [0.1, 0.15) is 35.7 Å². The Labute approximate surface area is 162 Å². The van der Waals surface area contributed by atoms with Gasteiger partial charge in [0, 0.05) is 17.6 Å². The highest BCUT2D eigenvalue weighted by molar-refractivity contribution is 6.29. The summed E-state index contributed by atoms with van der Waals surface area (Å²) in [6.07, 6.45) is 1.64. The predicted octanol–water partition coefficient (Wildman–Crippen LogP) is 5.91. The van der Waals surface area contributed by atoms with Crippen molar-refractivity contribution in [3.63, 3.8) is 0 Å². The van der Waals surface area contributed by atoms with Crippen molar-refractivity contribution < 1.29 is 4.79 Å². The number of amides is 1. The summed E-state index contributed by atoms with van der Waals surface area (Å²) in [7, 11) is 0. The highest BCUT2D eigenvalue weighted by Crippen LogP contribution is 2.35. The summed E-state index contributed by atoms with van der Waals surface area (Å²) in [6.45, 7) is 4.26. The van der Waals surface area contributed by atoms with Gasteiger partial charge >= 0.3 is 0 Å². The maximum atomic E-state index is 12.7. The van der Waals surface area contributed by atoms with Gasteiger partial charge in [-0.05, 0) is 53.9 Å². The molecule has 136 valence electrons. The summed E-state index contributed by atoms with van der Waals surface area (Å²) >= 11 is 5.94. The lowest BCUT2D eigenvalue weighted by Crippen LogP contribution is -2.11. The van der Waals surface area contributed by atoms with Crippen LogP contribution in [0, 0.1) is 0 Å². The van der Waals surface area contributed by atoms with Crippen molar-refractivity contribution in [3.8, 4) is 0 Å². The Morgan fingerprint density at radius 3 is 2.52 bits per heavy atom. The standard InChI is InChI=1S/C21H19ClN4O/c1-12(2)13-3-6-17-19(9-13)26-21(27)16-5-4-14(10-18(16)25-17)24-15-7-8-23-20(22)11-15/h3-12,25H,1-2H3,(H,23,24)(H,26,27). The molecule has 6 heteroatoms. The molecule has 1 amide bonds. The highest BCUT2D eigenvalue weighted by Gasteiger charge is 2.20. The van der Waals surface area contributed by atoms with Crippen LogP contribution in [0.3, 0.4) is 0 Å². The van der Waals surface area contributed by atoms with Gasteiger partial charge in [-0.25, -0.2) is 4.98 Å². The number of hydrogen-bond acceptors (Lipinski definition) is 4. The number of aromatic nitrogens is 1. The van der Waals surface area contributed by atoms with Crippen molar-refractivity contribution >= 4 is 45.9 Å². The molecule has 4 rings (SSSR count). The molecule has 0 atom stereocenters. The van der Waals surface area contributed by atoms with Crippen molar-refractivity contribution in [1.29, 1.82) is 0 Å². The van der Waals surface area contributed by atoms with E-state index in [-0.39, 0.29) is 5.91 Å². The molecule has 1 aromatic heterocycles. The monoisotopic (exact) mass is 378 g/mol. The average Bonchev–Trinajstić information content (AvgIpc) is 2.76. The van der Waals surface area contributed by atoms with Crippen LogP contribution in [0.15, 0.2) is 54.7 Å². The third kappa shape index (κ3) is 3.59. The third-order valence-electron chi connectivity index (χ3n) is 4.51. The van der Waals surface area contributed by atoms with Gasteiger partial charge < -0.3 is 16.0 Å². The van der Waals surface area contributed by atoms with Crippen molar-refractivity contribution in [2.24, 2.45) is 0 Å². The Balaban J connectivity index is 1.68. The average molecular weight is 379 g/mol. The topological polar surface area (TPSA) is 66.0 Å². The smallest absolute Gasteiger partial charge is 0.257 e. The number of nitrogens with one attached hydrogen (secondary N) is 3. The zero-order chi connectivity index (χ0) is 19.0. The van der Waals surface area contributed by atoms with E-state index < -0.39 is 0 Å². The first-order valence-corrected chi connectivity index (χ1v) is 9.12. The van der Waals surface area contributed by atoms with Gasteiger partial charge in [0.05, 0.1) is 22.6 Å². The van der Waals surface area contributed by atoms with Gasteiger partial charge in [0.15, 0.2) is 0 Å². The molecule has 0 bridgehead atoms. The van der Waals surface area contributed by atoms with Crippen molar-refractivity contribution in [2.75, 3.05) is 16.0 Å². The Bertz CT molecular complexity index is 1030. The molecule has 1 aliphatic heterocycles. The number of benzene rings is 2. The van der Waals surface area contributed by atoms with E-state index in [0.717, 1.165) is 28.4 Å². The van der Waals surface area contributed by atoms with Gasteiger partial charge in [-0.3, -0.25) is 4.79 Å². The molecular formula is C21H19ClN4O. The highest BCUT2D eigenvalue weighted by atomic mass is 35.5. The van der Waals surface area contributed by atoms with Crippen LogP contribution in [0.4, 0.5) is 28.4 Å². The number of hydrogen-bond donors (Lipinski definition) is 3. The molecule has 0 unspecified atom stereocenters. The molecule has 0 saturated carbocycles. The fourth-order valence-corrected chi connectivity index (χ4v) is 3.21. The van der Waals surface area contributed by atoms with E-state index in [1.807, 2.05) is 30.3 Å². The lowest BCUT2D eigenvalue weighted by molar-refractivity contribution is 0.102. The first-order valence-electron chi connectivity index (χ1n) is 8.74. The van der Waals surface area contributed by atoms with Gasteiger partial charge in [0.2, 0.25) is 0 Å². The normalized spacial score (nSPS) is 12.5. The van der Waals surface area contributed by atoms with Gasteiger partial charge in [-0.15, -0.1) is 0 Å². The Kier molecular flexibility index (Phi) is 4.46. The minimum atomic E-state index is -0.129. The molecule has 2 heterocycles. The SMILES string of the molecule is CC(C)c1ccc2c(c1)NC(=O)c1ccc(Nc3ccnc(Cl)c3)cc1N2. The number of carbonyl (C=O) groups is 1. The lowest BCUT2D eigenvalue weighted by atomic mass is 10.0. The molecule has 0 radical (unpaired) electrons. The third-order valence-corrected chi connectivity index (χ3v) is 4.71. The predicted molar refractivity (Wildman–Crippen MR) is 111 cm³/mol. The van der Waals surface area contributed by atoms with E-state index in [9.17, 15) is 4.79 Å². The molecule has 27 heavy (non-hydrogen) atoms. The van der Waals surface area contributed by atoms with Crippen LogP contribution in [0.2, 0.25) is 5.15 Å². The van der Waals surface area contributed by atoms with Crippen LogP contribution in [-0.4, -0.2) is 10.9 Å². The first-order chi connectivity index (χ1) is 13.0. The fraction of sp³-hybridized carbons (Fsp3) is 0.143. The van der Waals surface area contributed by atoms with E-state index in [1.54, 1.807) is 18.3 Å². The maximum Gasteiger partial charge on any atom is 0.257 e. The summed E-state index contributed by atoms with van der Waals surface area (Å²) in [5, 5.41) is 10.1. The number of halogens is 1. The van der Waals surface area contributed by atoms with Crippen LogP contribution < -0.4 is 16.0 Å². The number of nitrogens with zero attached hydrogens (tertiary/aromatic N) is 1. The number of pyridine rings is 1. The van der Waals surface area contributed by atoms with Gasteiger partial charge in [0.1, 0.15) is 5.15 Å². The first kappa shape index (κ1) is 17.4. The van der Waals surface area contributed by atoms with Crippen LogP contribution in [-0.2, 0) is 0 Å². The van der Waals surface area contributed by atoms with Crippen LogP contribution >= 0.6 is 11.6 Å². The maximum absolute atomic E-state index is 12.7. The second-order valence-corrected chi connectivity index (χ2v) is 7.18. The molecule has 3 N–H and O–H groups in total. The van der Waals surface area contributed by atoms with Crippen molar-refractivity contribution in [3.05, 3.63) is 71.0 Å². The minimum absolute atomic E-state index is 0.129. The Morgan fingerprint density at radius 2 is 1.74 bits per heavy atom. The quantitative estimate of drug-likeness (QED) is 0.495.